The largest absolute Gasteiger partial charge is 0.382 e. The number of halogens is 1. The van der Waals surface area contributed by atoms with Gasteiger partial charge in [0.25, 0.3) is 5.91 Å². The van der Waals surface area contributed by atoms with Crippen LogP contribution in [0.2, 0.25) is 0 Å². The van der Waals surface area contributed by atoms with Crippen molar-refractivity contribution >= 4 is 11.6 Å². The first kappa shape index (κ1) is 15.8. The zero-order valence-corrected chi connectivity index (χ0v) is 12.9. The van der Waals surface area contributed by atoms with Gasteiger partial charge in [-0.15, -0.1) is 0 Å². The molecule has 1 N–H and O–H groups in total. The highest BCUT2D eigenvalue weighted by molar-refractivity contribution is 5.99. The van der Waals surface area contributed by atoms with Crippen molar-refractivity contribution in [2.75, 3.05) is 25.0 Å². The highest BCUT2D eigenvalue weighted by Crippen LogP contribution is 2.23. The number of amides is 1. The van der Waals surface area contributed by atoms with Crippen molar-refractivity contribution in [3.63, 3.8) is 0 Å². The summed E-state index contributed by atoms with van der Waals surface area (Å²) in [5, 5.41) is 3.02. The van der Waals surface area contributed by atoms with E-state index in [1.807, 2.05) is 20.8 Å². The lowest BCUT2D eigenvalue weighted by Gasteiger charge is -2.35. The molecule has 1 aliphatic heterocycles. The van der Waals surface area contributed by atoms with Crippen LogP contribution >= 0.6 is 0 Å². The molecule has 1 aromatic carbocycles. The van der Waals surface area contributed by atoms with Gasteiger partial charge in [0.1, 0.15) is 5.82 Å². The Morgan fingerprint density at radius 3 is 2.67 bits per heavy atom. The van der Waals surface area contributed by atoms with Crippen LogP contribution in [0.5, 0.6) is 0 Å². The summed E-state index contributed by atoms with van der Waals surface area (Å²) in [6.07, 6.45) is 0.866. The molecule has 2 unspecified atom stereocenters. The van der Waals surface area contributed by atoms with Gasteiger partial charge in [0.2, 0.25) is 0 Å². The Morgan fingerprint density at radius 2 is 2.05 bits per heavy atom. The van der Waals surface area contributed by atoms with Gasteiger partial charge in [0, 0.05) is 19.6 Å². The molecular formula is C16H23FN2O2. The van der Waals surface area contributed by atoms with E-state index in [0.29, 0.717) is 30.9 Å². The number of anilines is 1. The third kappa shape index (κ3) is 3.73. The molecule has 21 heavy (non-hydrogen) atoms. The van der Waals surface area contributed by atoms with Crippen LogP contribution in [-0.2, 0) is 4.74 Å². The zero-order chi connectivity index (χ0) is 15.4. The number of hydrogen-bond acceptors (Lipinski definition) is 3. The fraction of sp³-hybridized carbons (Fsp3) is 0.562. The van der Waals surface area contributed by atoms with Crippen molar-refractivity contribution in [2.24, 2.45) is 0 Å². The Bertz CT molecular complexity index is 497. The summed E-state index contributed by atoms with van der Waals surface area (Å²) in [5.41, 5.74) is 0.695. The average molecular weight is 294 g/mol. The van der Waals surface area contributed by atoms with Gasteiger partial charge in [0.05, 0.1) is 23.5 Å². The van der Waals surface area contributed by atoms with Crippen LogP contribution in [-0.4, -0.2) is 42.6 Å². The number of rotatable bonds is 4. The minimum Gasteiger partial charge on any atom is -0.382 e. The Morgan fingerprint density at radius 1 is 1.38 bits per heavy atom. The summed E-state index contributed by atoms with van der Waals surface area (Å²) in [4.78, 5) is 14.4. The first-order valence-corrected chi connectivity index (χ1v) is 7.50. The molecule has 0 aromatic heterocycles. The Hall–Kier alpha value is -1.62. The highest BCUT2D eigenvalue weighted by atomic mass is 19.1. The van der Waals surface area contributed by atoms with E-state index >= 15 is 0 Å². The molecule has 5 heteroatoms. The van der Waals surface area contributed by atoms with Crippen LogP contribution in [0.1, 0.15) is 37.6 Å². The molecule has 2 rings (SSSR count). The smallest absolute Gasteiger partial charge is 0.256 e. The summed E-state index contributed by atoms with van der Waals surface area (Å²) in [7, 11) is 0. The second-order valence-corrected chi connectivity index (χ2v) is 5.56. The van der Waals surface area contributed by atoms with Gasteiger partial charge >= 0.3 is 0 Å². The average Bonchev–Trinajstić information content (AvgIpc) is 2.44. The minimum atomic E-state index is -0.386. The van der Waals surface area contributed by atoms with Crippen LogP contribution < -0.4 is 5.32 Å². The van der Waals surface area contributed by atoms with E-state index < -0.39 is 0 Å². The maximum absolute atomic E-state index is 14.0. The molecule has 0 spiro atoms. The number of hydrogen-bond donors (Lipinski definition) is 1. The molecule has 0 aliphatic carbocycles. The molecule has 2 atom stereocenters. The van der Waals surface area contributed by atoms with Gasteiger partial charge in [-0.05, 0) is 32.4 Å². The van der Waals surface area contributed by atoms with Gasteiger partial charge in [-0.1, -0.05) is 13.0 Å². The molecule has 0 bridgehead atoms. The molecule has 1 heterocycles. The normalized spacial score (nSPS) is 22.2. The minimum absolute atomic E-state index is 0.00156. The van der Waals surface area contributed by atoms with E-state index in [9.17, 15) is 9.18 Å². The molecular weight excluding hydrogens is 271 g/mol. The van der Waals surface area contributed by atoms with E-state index in [0.717, 1.165) is 6.42 Å². The van der Waals surface area contributed by atoms with Crippen molar-refractivity contribution in [1.82, 2.24) is 4.90 Å². The highest BCUT2D eigenvalue weighted by Gasteiger charge is 2.28. The lowest BCUT2D eigenvalue weighted by Crippen LogP contribution is -2.48. The summed E-state index contributed by atoms with van der Waals surface area (Å²) >= 11 is 0. The third-order valence-electron chi connectivity index (χ3n) is 3.50. The third-order valence-corrected chi connectivity index (χ3v) is 3.50. The van der Waals surface area contributed by atoms with E-state index in [1.54, 1.807) is 17.0 Å². The summed E-state index contributed by atoms with van der Waals surface area (Å²) in [6, 6.07) is 4.63. The van der Waals surface area contributed by atoms with Crippen LogP contribution in [0, 0.1) is 5.82 Å². The lowest BCUT2D eigenvalue weighted by molar-refractivity contribution is -0.0586. The predicted octanol–water partition coefficient (Wildman–Crippen LogP) is 2.90. The van der Waals surface area contributed by atoms with Crippen molar-refractivity contribution in [2.45, 2.75) is 39.4 Å². The van der Waals surface area contributed by atoms with Crippen molar-refractivity contribution < 1.29 is 13.9 Å². The Kier molecular flexibility index (Phi) is 5.17. The Labute approximate surface area is 125 Å². The van der Waals surface area contributed by atoms with Crippen molar-refractivity contribution in [3.8, 4) is 0 Å². The molecule has 116 valence electrons. The number of para-hydroxylation sites is 1. The topological polar surface area (TPSA) is 41.6 Å². The SMILES string of the molecule is CCCNc1c(F)cccc1C(=O)N1CC(C)OC(C)C1. The van der Waals surface area contributed by atoms with Crippen LogP contribution in [0.25, 0.3) is 0 Å². The standard InChI is InChI=1S/C16H23FN2O2/c1-4-8-18-15-13(6-5-7-14(15)17)16(20)19-9-11(2)21-12(3)10-19/h5-7,11-12,18H,4,8-10H2,1-3H3. The number of nitrogens with one attached hydrogen (secondary N) is 1. The molecule has 1 fully saturated rings. The molecule has 0 radical (unpaired) electrons. The van der Waals surface area contributed by atoms with Crippen LogP contribution in [0.4, 0.5) is 10.1 Å². The molecule has 1 aromatic rings. The first-order valence-electron chi connectivity index (χ1n) is 7.50. The summed E-state index contributed by atoms with van der Waals surface area (Å²) < 4.78 is 19.6. The summed E-state index contributed by atoms with van der Waals surface area (Å²) in [5.74, 6) is -0.529. The van der Waals surface area contributed by atoms with E-state index in [1.165, 1.54) is 6.07 Å². The maximum Gasteiger partial charge on any atom is 0.256 e. The molecule has 0 saturated carbocycles. The zero-order valence-electron chi connectivity index (χ0n) is 12.9. The molecule has 1 amide bonds. The van der Waals surface area contributed by atoms with Crippen molar-refractivity contribution in [3.05, 3.63) is 29.6 Å². The number of benzene rings is 1. The predicted molar refractivity (Wildman–Crippen MR) is 81.1 cm³/mol. The van der Waals surface area contributed by atoms with Gasteiger partial charge < -0.3 is 15.0 Å². The molecule has 1 saturated heterocycles. The van der Waals surface area contributed by atoms with Gasteiger partial charge in [0.15, 0.2) is 0 Å². The molecule has 1 aliphatic rings. The summed E-state index contributed by atoms with van der Waals surface area (Å²) in [6.45, 7) is 7.59. The lowest BCUT2D eigenvalue weighted by atomic mass is 10.1. The number of nitrogens with zero attached hydrogens (tertiary/aromatic N) is 1. The van der Waals surface area contributed by atoms with Gasteiger partial charge in [-0.2, -0.15) is 0 Å². The second kappa shape index (κ2) is 6.89. The second-order valence-electron chi connectivity index (χ2n) is 5.56. The van der Waals surface area contributed by atoms with Crippen LogP contribution in [0.15, 0.2) is 18.2 Å². The van der Waals surface area contributed by atoms with E-state index in [-0.39, 0.29) is 23.9 Å². The Balaban J connectivity index is 2.24. The van der Waals surface area contributed by atoms with Gasteiger partial charge in [-0.25, -0.2) is 4.39 Å². The number of morpholine rings is 1. The van der Waals surface area contributed by atoms with Crippen molar-refractivity contribution in [1.29, 1.82) is 0 Å². The number of carbonyl (C=O) groups excluding carboxylic acids is 1. The first-order chi connectivity index (χ1) is 10.0. The number of ether oxygens (including phenoxy) is 1. The van der Waals surface area contributed by atoms with E-state index in [2.05, 4.69) is 5.32 Å². The fourth-order valence-corrected chi connectivity index (χ4v) is 2.65. The number of carbonyl (C=O) groups is 1. The van der Waals surface area contributed by atoms with Crippen LogP contribution in [0.3, 0.4) is 0 Å². The quantitative estimate of drug-likeness (QED) is 0.928. The maximum atomic E-state index is 14.0. The van der Waals surface area contributed by atoms with E-state index in [4.69, 9.17) is 4.74 Å². The molecule has 4 nitrogen and oxygen atoms in total. The van der Waals surface area contributed by atoms with Gasteiger partial charge in [-0.3, -0.25) is 4.79 Å². The monoisotopic (exact) mass is 294 g/mol. The fourth-order valence-electron chi connectivity index (χ4n) is 2.65.